The van der Waals surface area contributed by atoms with Gasteiger partial charge in [0.2, 0.25) is 0 Å². The Bertz CT molecular complexity index is 1290. The SMILES string of the molecule is CCOc1ccc2cc(C(=O)Nc3cc(-c4nnc5n4CCCCC5)ccc3C)[nH]c2c1. The number of hydrogen-bond donors (Lipinski definition) is 2. The summed E-state index contributed by atoms with van der Waals surface area (Å²) in [5.41, 5.74) is 4.11. The molecule has 2 aromatic heterocycles. The number of amides is 1. The van der Waals surface area contributed by atoms with Gasteiger partial charge < -0.3 is 19.6 Å². The van der Waals surface area contributed by atoms with Crippen molar-refractivity contribution in [1.29, 1.82) is 0 Å². The van der Waals surface area contributed by atoms with Crippen LogP contribution in [0.1, 0.15) is 48.1 Å². The summed E-state index contributed by atoms with van der Waals surface area (Å²) in [5, 5.41) is 12.9. The predicted octanol–water partition coefficient (Wildman–Crippen LogP) is 5.11. The number of rotatable bonds is 5. The van der Waals surface area contributed by atoms with Gasteiger partial charge in [0.15, 0.2) is 5.82 Å². The number of anilines is 1. The first-order valence-corrected chi connectivity index (χ1v) is 11.2. The first-order valence-electron chi connectivity index (χ1n) is 11.2. The third-order valence-corrected chi connectivity index (χ3v) is 6.00. The minimum Gasteiger partial charge on any atom is -0.494 e. The van der Waals surface area contributed by atoms with Gasteiger partial charge in [-0.05, 0) is 56.5 Å². The third-order valence-electron chi connectivity index (χ3n) is 6.00. The zero-order chi connectivity index (χ0) is 22.1. The third kappa shape index (κ3) is 3.86. The van der Waals surface area contributed by atoms with Crippen LogP contribution in [0.3, 0.4) is 0 Å². The Morgan fingerprint density at radius 1 is 1.12 bits per heavy atom. The highest BCUT2D eigenvalue weighted by Gasteiger charge is 2.18. The number of benzene rings is 2. The summed E-state index contributed by atoms with van der Waals surface area (Å²) in [6, 6.07) is 13.7. The predicted molar refractivity (Wildman–Crippen MR) is 125 cm³/mol. The van der Waals surface area contributed by atoms with E-state index in [9.17, 15) is 4.79 Å². The normalized spacial score (nSPS) is 13.6. The van der Waals surface area contributed by atoms with Crippen LogP contribution < -0.4 is 10.1 Å². The molecule has 7 nitrogen and oxygen atoms in total. The van der Waals surface area contributed by atoms with E-state index in [1.165, 1.54) is 6.42 Å². The van der Waals surface area contributed by atoms with E-state index in [-0.39, 0.29) is 5.91 Å². The lowest BCUT2D eigenvalue weighted by Crippen LogP contribution is -2.13. The van der Waals surface area contributed by atoms with Gasteiger partial charge in [0, 0.05) is 41.2 Å². The molecule has 32 heavy (non-hydrogen) atoms. The van der Waals surface area contributed by atoms with Gasteiger partial charge in [-0.1, -0.05) is 18.6 Å². The van der Waals surface area contributed by atoms with Crippen LogP contribution in [0.5, 0.6) is 5.75 Å². The summed E-state index contributed by atoms with van der Waals surface area (Å²) in [6.45, 7) is 5.48. The van der Waals surface area contributed by atoms with Crippen molar-refractivity contribution in [3.8, 4) is 17.1 Å². The molecule has 0 bridgehead atoms. The average molecular weight is 430 g/mol. The maximum atomic E-state index is 13.0. The van der Waals surface area contributed by atoms with Crippen molar-refractivity contribution in [3.63, 3.8) is 0 Å². The fraction of sp³-hybridized carbons (Fsp3) is 0.320. The Morgan fingerprint density at radius 2 is 2.03 bits per heavy atom. The Hall–Kier alpha value is -3.61. The van der Waals surface area contributed by atoms with Crippen LogP contribution in [0, 0.1) is 6.92 Å². The second-order valence-corrected chi connectivity index (χ2v) is 8.25. The van der Waals surface area contributed by atoms with Crippen LogP contribution in [0.15, 0.2) is 42.5 Å². The largest absolute Gasteiger partial charge is 0.494 e. The van der Waals surface area contributed by atoms with Crippen LogP contribution in [-0.4, -0.2) is 32.3 Å². The number of fused-ring (bicyclic) bond motifs is 2. The van der Waals surface area contributed by atoms with Crippen molar-refractivity contribution < 1.29 is 9.53 Å². The second-order valence-electron chi connectivity index (χ2n) is 8.25. The van der Waals surface area contributed by atoms with E-state index in [0.29, 0.717) is 12.3 Å². The number of nitrogens with zero attached hydrogens (tertiary/aromatic N) is 3. The lowest BCUT2D eigenvalue weighted by Gasteiger charge is -2.11. The number of carbonyl (C=O) groups excluding carboxylic acids is 1. The highest BCUT2D eigenvalue weighted by atomic mass is 16.5. The number of H-pyrrole nitrogens is 1. The van der Waals surface area contributed by atoms with Gasteiger partial charge in [-0.3, -0.25) is 4.79 Å². The van der Waals surface area contributed by atoms with Gasteiger partial charge in [-0.15, -0.1) is 10.2 Å². The van der Waals surface area contributed by atoms with Crippen molar-refractivity contribution in [2.75, 3.05) is 11.9 Å². The van der Waals surface area contributed by atoms with Gasteiger partial charge >= 0.3 is 0 Å². The summed E-state index contributed by atoms with van der Waals surface area (Å²) in [6.07, 6.45) is 4.48. The lowest BCUT2D eigenvalue weighted by molar-refractivity contribution is 0.102. The van der Waals surface area contributed by atoms with Crippen LogP contribution in [0.4, 0.5) is 5.69 Å². The van der Waals surface area contributed by atoms with Crippen LogP contribution in [-0.2, 0) is 13.0 Å². The number of nitrogens with one attached hydrogen (secondary N) is 2. The van der Waals surface area contributed by atoms with E-state index >= 15 is 0 Å². The molecule has 1 aliphatic heterocycles. The molecule has 2 N–H and O–H groups in total. The zero-order valence-electron chi connectivity index (χ0n) is 18.4. The fourth-order valence-electron chi connectivity index (χ4n) is 4.27. The molecule has 0 spiro atoms. The number of ether oxygens (including phenoxy) is 1. The highest BCUT2D eigenvalue weighted by Crippen LogP contribution is 2.28. The van der Waals surface area contributed by atoms with Gasteiger partial charge in [0.1, 0.15) is 17.3 Å². The lowest BCUT2D eigenvalue weighted by atomic mass is 10.1. The van der Waals surface area contributed by atoms with E-state index in [0.717, 1.165) is 70.9 Å². The average Bonchev–Trinajstić information content (AvgIpc) is 3.32. The maximum absolute atomic E-state index is 13.0. The molecular formula is C25H27N5O2. The molecule has 4 aromatic rings. The fourth-order valence-corrected chi connectivity index (χ4v) is 4.27. The molecule has 0 aliphatic carbocycles. The number of aromatic amines is 1. The van der Waals surface area contributed by atoms with Crippen molar-refractivity contribution in [2.24, 2.45) is 0 Å². The molecule has 2 aromatic carbocycles. The Balaban J connectivity index is 1.42. The molecule has 0 saturated heterocycles. The monoisotopic (exact) mass is 429 g/mol. The quantitative estimate of drug-likeness (QED) is 0.462. The summed E-state index contributed by atoms with van der Waals surface area (Å²) < 4.78 is 7.78. The smallest absolute Gasteiger partial charge is 0.272 e. The summed E-state index contributed by atoms with van der Waals surface area (Å²) >= 11 is 0. The maximum Gasteiger partial charge on any atom is 0.272 e. The number of carbonyl (C=O) groups is 1. The summed E-state index contributed by atoms with van der Waals surface area (Å²) in [5.74, 6) is 2.52. The van der Waals surface area contributed by atoms with E-state index in [2.05, 4.69) is 25.1 Å². The van der Waals surface area contributed by atoms with Crippen molar-refractivity contribution in [3.05, 3.63) is 59.5 Å². The van der Waals surface area contributed by atoms with Gasteiger partial charge in [0.25, 0.3) is 5.91 Å². The molecule has 0 unspecified atom stereocenters. The molecular weight excluding hydrogens is 402 g/mol. The molecule has 0 fully saturated rings. The minimum absolute atomic E-state index is 0.181. The zero-order valence-corrected chi connectivity index (χ0v) is 18.4. The number of aryl methyl sites for hydroxylation is 2. The van der Waals surface area contributed by atoms with Crippen molar-refractivity contribution in [1.82, 2.24) is 19.7 Å². The highest BCUT2D eigenvalue weighted by molar-refractivity contribution is 6.06. The second kappa shape index (κ2) is 8.49. The first kappa shape index (κ1) is 20.3. The van der Waals surface area contributed by atoms with E-state index in [1.54, 1.807) is 0 Å². The molecule has 0 atom stereocenters. The Labute approximate surface area is 186 Å². The minimum atomic E-state index is -0.181. The molecule has 1 amide bonds. The Morgan fingerprint density at radius 3 is 2.91 bits per heavy atom. The number of aromatic nitrogens is 4. The van der Waals surface area contributed by atoms with Crippen LogP contribution in [0.25, 0.3) is 22.3 Å². The summed E-state index contributed by atoms with van der Waals surface area (Å²) in [4.78, 5) is 16.2. The first-order chi connectivity index (χ1) is 15.6. The standard InChI is InChI=1S/C25H27N5O2/c1-3-32-19-11-10-17-13-22(26-21(17)15-19)25(31)27-20-14-18(9-8-16(20)2)24-29-28-23-7-5-4-6-12-30(23)24/h8-11,13-15,26H,3-7,12H2,1-2H3,(H,27,31). The van der Waals surface area contributed by atoms with Gasteiger partial charge in [-0.2, -0.15) is 0 Å². The summed E-state index contributed by atoms with van der Waals surface area (Å²) in [7, 11) is 0. The van der Waals surface area contributed by atoms with E-state index in [4.69, 9.17) is 4.74 Å². The molecule has 164 valence electrons. The van der Waals surface area contributed by atoms with Crippen molar-refractivity contribution >= 4 is 22.5 Å². The topological polar surface area (TPSA) is 84.8 Å². The van der Waals surface area contributed by atoms with Gasteiger partial charge in [0.05, 0.1) is 6.61 Å². The van der Waals surface area contributed by atoms with E-state index < -0.39 is 0 Å². The van der Waals surface area contributed by atoms with Crippen LogP contribution >= 0.6 is 0 Å². The molecule has 7 heteroatoms. The Kier molecular flexibility index (Phi) is 5.39. The van der Waals surface area contributed by atoms with Crippen LogP contribution in [0.2, 0.25) is 0 Å². The molecule has 5 rings (SSSR count). The van der Waals surface area contributed by atoms with E-state index in [1.807, 2.05) is 56.3 Å². The molecule has 3 heterocycles. The number of hydrogen-bond acceptors (Lipinski definition) is 4. The van der Waals surface area contributed by atoms with Gasteiger partial charge in [-0.25, -0.2) is 0 Å². The van der Waals surface area contributed by atoms with Crippen molar-refractivity contribution in [2.45, 2.75) is 46.1 Å². The molecule has 0 saturated carbocycles. The molecule has 0 radical (unpaired) electrons. The molecule has 1 aliphatic rings.